The smallest absolute Gasteiger partial charge is 0.292 e. The lowest BCUT2D eigenvalue weighted by Gasteiger charge is -2.03. The van der Waals surface area contributed by atoms with Crippen molar-refractivity contribution >= 4 is 34.7 Å². The van der Waals surface area contributed by atoms with Crippen LogP contribution in [0, 0.1) is 10.1 Å². The largest absolute Gasteiger partial charge is 0.393 e. The Kier molecular flexibility index (Phi) is 3.74. The van der Waals surface area contributed by atoms with E-state index in [1.807, 2.05) is 12.1 Å². The number of rotatable bonds is 3. The summed E-state index contributed by atoms with van der Waals surface area (Å²) in [6.45, 7) is 0. The highest BCUT2D eigenvalue weighted by Crippen LogP contribution is 2.32. The van der Waals surface area contributed by atoms with Crippen LogP contribution >= 0.6 is 23.4 Å². The molecule has 0 heterocycles. The van der Waals surface area contributed by atoms with Crippen LogP contribution in [0.25, 0.3) is 0 Å². The first-order valence-corrected chi connectivity index (χ1v) is 6.23. The van der Waals surface area contributed by atoms with Gasteiger partial charge in [-0.3, -0.25) is 10.1 Å². The van der Waals surface area contributed by atoms with E-state index in [9.17, 15) is 10.1 Å². The summed E-state index contributed by atoms with van der Waals surface area (Å²) in [6.07, 6.45) is 0. The van der Waals surface area contributed by atoms with Gasteiger partial charge in [0.1, 0.15) is 5.69 Å². The Bertz CT molecular complexity index is 587. The van der Waals surface area contributed by atoms with E-state index >= 15 is 0 Å². The van der Waals surface area contributed by atoms with Gasteiger partial charge in [-0.2, -0.15) is 0 Å². The molecule has 0 aliphatic carbocycles. The van der Waals surface area contributed by atoms with Gasteiger partial charge in [0.2, 0.25) is 0 Å². The van der Waals surface area contributed by atoms with Gasteiger partial charge in [-0.1, -0.05) is 23.4 Å². The highest BCUT2D eigenvalue weighted by molar-refractivity contribution is 7.99. The van der Waals surface area contributed by atoms with E-state index in [1.54, 1.807) is 24.3 Å². The second-order valence-corrected chi connectivity index (χ2v) is 5.12. The van der Waals surface area contributed by atoms with Crippen molar-refractivity contribution in [1.82, 2.24) is 0 Å². The normalized spacial score (nSPS) is 10.3. The molecule has 2 aromatic rings. The summed E-state index contributed by atoms with van der Waals surface area (Å²) in [5, 5.41) is 11.3. The average Bonchev–Trinajstić information content (AvgIpc) is 2.32. The molecule has 0 unspecified atom stereocenters. The van der Waals surface area contributed by atoms with Crippen LogP contribution in [0.4, 0.5) is 11.4 Å². The molecular formula is C12H9ClN2O2S. The number of hydrogen-bond donors (Lipinski definition) is 1. The van der Waals surface area contributed by atoms with Gasteiger partial charge in [-0.25, -0.2) is 0 Å². The van der Waals surface area contributed by atoms with E-state index in [-0.39, 0.29) is 11.4 Å². The van der Waals surface area contributed by atoms with Crippen LogP contribution in [0.5, 0.6) is 0 Å². The maximum absolute atomic E-state index is 10.6. The number of nitro benzene ring substituents is 1. The molecule has 0 saturated heterocycles. The van der Waals surface area contributed by atoms with Crippen molar-refractivity contribution in [3.05, 3.63) is 57.6 Å². The van der Waals surface area contributed by atoms with E-state index in [0.29, 0.717) is 5.02 Å². The Morgan fingerprint density at radius 2 is 1.72 bits per heavy atom. The molecule has 0 aliphatic heterocycles. The molecule has 0 saturated carbocycles. The fourth-order valence-corrected chi connectivity index (χ4v) is 2.39. The zero-order valence-corrected chi connectivity index (χ0v) is 10.7. The van der Waals surface area contributed by atoms with Crippen molar-refractivity contribution in [2.75, 3.05) is 5.73 Å². The second kappa shape index (κ2) is 5.29. The molecule has 0 spiro atoms. The maximum atomic E-state index is 10.6. The third kappa shape index (κ3) is 2.94. The van der Waals surface area contributed by atoms with Crippen molar-refractivity contribution in [2.45, 2.75) is 9.79 Å². The molecule has 92 valence electrons. The highest BCUT2D eigenvalue weighted by atomic mass is 35.5. The van der Waals surface area contributed by atoms with Gasteiger partial charge in [-0.05, 0) is 36.4 Å². The van der Waals surface area contributed by atoms with Crippen LogP contribution in [0.15, 0.2) is 52.3 Å². The first kappa shape index (κ1) is 12.7. The van der Waals surface area contributed by atoms with E-state index < -0.39 is 4.92 Å². The van der Waals surface area contributed by atoms with Gasteiger partial charge in [0.25, 0.3) is 5.69 Å². The lowest BCUT2D eigenvalue weighted by molar-refractivity contribution is -0.383. The van der Waals surface area contributed by atoms with Crippen molar-refractivity contribution in [1.29, 1.82) is 0 Å². The molecule has 0 amide bonds. The van der Waals surface area contributed by atoms with Crippen LogP contribution in [-0.4, -0.2) is 4.92 Å². The number of nitro groups is 1. The lowest BCUT2D eigenvalue weighted by Crippen LogP contribution is -1.95. The van der Waals surface area contributed by atoms with E-state index in [1.165, 1.54) is 17.8 Å². The number of anilines is 1. The first-order valence-electron chi connectivity index (χ1n) is 5.03. The molecule has 0 aromatic heterocycles. The zero-order chi connectivity index (χ0) is 13.1. The molecule has 4 nitrogen and oxygen atoms in total. The first-order chi connectivity index (χ1) is 8.56. The van der Waals surface area contributed by atoms with Crippen LogP contribution < -0.4 is 5.73 Å². The average molecular weight is 281 g/mol. The van der Waals surface area contributed by atoms with Gasteiger partial charge in [0.05, 0.1) is 4.92 Å². The summed E-state index contributed by atoms with van der Waals surface area (Å²) < 4.78 is 0. The molecule has 0 atom stereocenters. The third-order valence-corrected chi connectivity index (χ3v) is 3.49. The van der Waals surface area contributed by atoms with Crippen molar-refractivity contribution in [2.24, 2.45) is 0 Å². The number of benzene rings is 2. The molecule has 2 aromatic carbocycles. The predicted octanol–water partition coefficient (Wildman–Crippen LogP) is 3.98. The third-order valence-electron chi connectivity index (χ3n) is 2.25. The topological polar surface area (TPSA) is 69.2 Å². The fraction of sp³-hybridized carbons (Fsp3) is 0. The quantitative estimate of drug-likeness (QED) is 0.524. The minimum absolute atomic E-state index is 0.0737. The fourth-order valence-electron chi connectivity index (χ4n) is 1.40. The number of nitrogen functional groups attached to an aromatic ring is 1. The van der Waals surface area contributed by atoms with E-state index in [2.05, 4.69) is 0 Å². The summed E-state index contributed by atoms with van der Waals surface area (Å²) in [4.78, 5) is 12.0. The van der Waals surface area contributed by atoms with Gasteiger partial charge >= 0.3 is 0 Å². The van der Waals surface area contributed by atoms with Crippen molar-refractivity contribution in [3.8, 4) is 0 Å². The van der Waals surface area contributed by atoms with Crippen LogP contribution in [0.2, 0.25) is 5.02 Å². The Hall–Kier alpha value is -1.72. The summed E-state index contributed by atoms with van der Waals surface area (Å²) in [7, 11) is 0. The number of nitrogens with zero attached hydrogens (tertiary/aromatic N) is 1. The summed E-state index contributed by atoms with van der Waals surface area (Å²) in [5.41, 5.74) is 5.72. The Labute approximate surface area is 113 Å². The minimum atomic E-state index is -0.494. The minimum Gasteiger partial charge on any atom is -0.393 e. The lowest BCUT2D eigenvalue weighted by atomic mass is 10.3. The van der Waals surface area contributed by atoms with Crippen LogP contribution in [0.3, 0.4) is 0 Å². The number of hydrogen-bond acceptors (Lipinski definition) is 4. The van der Waals surface area contributed by atoms with E-state index in [0.717, 1.165) is 9.79 Å². The molecule has 0 fully saturated rings. The Balaban J connectivity index is 2.22. The standard InChI is InChI=1S/C12H9ClN2O2S/c13-8-1-3-9(4-2-8)18-10-5-6-12(15(16)17)11(14)7-10/h1-7H,14H2. The van der Waals surface area contributed by atoms with Crippen molar-refractivity contribution in [3.63, 3.8) is 0 Å². The molecule has 0 radical (unpaired) electrons. The second-order valence-electron chi connectivity index (χ2n) is 3.53. The zero-order valence-electron chi connectivity index (χ0n) is 9.17. The molecule has 18 heavy (non-hydrogen) atoms. The Morgan fingerprint density at radius 3 is 2.28 bits per heavy atom. The summed E-state index contributed by atoms with van der Waals surface area (Å²) in [5.74, 6) is 0. The van der Waals surface area contributed by atoms with Crippen LogP contribution in [-0.2, 0) is 0 Å². The molecular weight excluding hydrogens is 272 g/mol. The van der Waals surface area contributed by atoms with Crippen LogP contribution in [0.1, 0.15) is 0 Å². The van der Waals surface area contributed by atoms with Gasteiger partial charge < -0.3 is 5.73 Å². The summed E-state index contributed by atoms with van der Waals surface area (Å²) in [6, 6.07) is 12.0. The monoisotopic (exact) mass is 280 g/mol. The SMILES string of the molecule is Nc1cc(Sc2ccc(Cl)cc2)ccc1[N+](=O)[O-]. The van der Waals surface area contributed by atoms with Gasteiger partial charge in [0, 0.05) is 20.9 Å². The van der Waals surface area contributed by atoms with Gasteiger partial charge in [0.15, 0.2) is 0 Å². The Morgan fingerprint density at radius 1 is 1.11 bits per heavy atom. The molecule has 0 aliphatic rings. The molecule has 6 heteroatoms. The highest BCUT2D eigenvalue weighted by Gasteiger charge is 2.11. The van der Waals surface area contributed by atoms with Gasteiger partial charge in [-0.15, -0.1) is 0 Å². The molecule has 0 bridgehead atoms. The molecule has 2 rings (SSSR count). The van der Waals surface area contributed by atoms with Crippen molar-refractivity contribution < 1.29 is 4.92 Å². The number of nitrogens with two attached hydrogens (primary N) is 1. The molecule has 2 N–H and O–H groups in total. The predicted molar refractivity (Wildman–Crippen MR) is 73.1 cm³/mol. The van der Waals surface area contributed by atoms with E-state index in [4.69, 9.17) is 17.3 Å². The summed E-state index contributed by atoms with van der Waals surface area (Å²) >= 11 is 7.26. The number of halogens is 1. The maximum Gasteiger partial charge on any atom is 0.292 e.